The van der Waals surface area contributed by atoms with Crippen LogP contribution in [0.4, 0.5) is 0 Å². The second-order valence-corrected chi connectivity index (χ2v) is 7.53. The van der Waals surface area contributed by atoms with Crippen molar-refractivity contribution in [2.75, 3.05) is 13.4 Å². The van der Waals surface area contributed by atoms with Gasteiger partial charge in [0.15, 0.2) is 9.84 Å². The van der Waals surface area contributed by atoms with Crippen molar-refractivity contribution in [3.8, 4) is 0 Å². The second-order valence-electron chi connectivity index (χ2n) is 5.55. The molecule has 0 amide bonds. The Labute approximate surface area is 130 Å². The molecule has 0 aliphatic heterocycles. The molecule has 0 aromatic heterocycles. The number of esters is 1. The maximum absolute atomic E-state index is 12.1. The largest absolute Gasteiger partial charge is 0.469 e. The Bertz CT molecular complexity index is 610. The monoisotopic (exact) mass is 330 g/mol. The van der Waals surface area contributed by atoms with Crippen molar-refractivity contribution < 1.29 is 27.9 Å². The van der Waals surface area contributed by atoms with E-state index in [0.717, 1.165) is 25.2 Å². The summed E-state index contributed by atoms with van der Waals surface area (Å²) in [7, 11) is -2.31. The zero-order valence-electron chi connectivity index (χ0n) is 13.1. The summed E-state index contributed by atoms with van der Waals surface area (Å²) < 4.78 is 27.6. The van der Waals surface area contributed by atoms with Crippen molar-refractivity contribution in [2.24, 2.45) is 0 Å². The van der Waals surface area contributed by atoms with Crippen LogP contribution in [-0.4, -0.2) is 44.2 Å². The van der Waals surface area contributed by atoms with Crippen LogP contribution in [0.5, 0.6) is 0 Å². The maximum Gasteiger partial charge on any atom is 0.305 e. The lowest BCUT2D eigenvalue weighted by Gasteiger charge is -2.15. The number of Topliss-reactive ketones (excluding diaryl/α,β-unsaturated/α-hetero) is 1. The Kier molecular flexibility index (Phi) is 6.08. The van der Waals surface area contributed by atoms with E-state index < -0.39 is 21.2 Å². The fourth-order valence-corrected chi connectivity index (χ4v) is 3.17. The molecule has 1 aliphatic rings. The van der Waals surface area contributed by atoms with Crippen molar-refractivity contribution in [1.29, 1.82) is 0 Å². The highest BCUT2D eigenvalue weighted by Gasteiger charge is 2.41. The van der Waals surface area contributed by atoms with E-state index in [0.29, 0.717) is 19.3 Å². The van der Waals surface area contributed by atoms with Crippen molar-refractivity contribution in [3.05, 3.63) is 22.6 Å². The van der Waals surface area contributed by atoms with Gasteiger partial charge < -0.3 is 9.84 Å². The average Bonchev–Trinajstić information content (AvgIpc) is 2.64. The van der Waals surface area contributed by atoms with Crippen LogP contribution in [0.25, 0.3) is 0 Å². The topological polar surface area (TPSA) is 97.7 Å². The third-order valence-electron chi connectivity index (χ3n) is 3.49. The minimum atomic E-state index is -3.65. The molecule has 0 fully saturated rings. The van der Waals surface area contributed by atoms with E-state index in [-0.39, 0.29) is 16.4 Å². The molecule has 124 valence electrons. The number of hydrogen-bond donors (Lipinski definition) is 1. The normalized spacial score (nSPS) is 23.7. The number of allylic oxidation sites excluding steroid dienone is 2. The van der Waals surface area contributed by atoms with E-state index in [9.17, 15) is 23.1 Å². The van der Waals surface area contributed by atoms with Gasteiger partial charge in [0, 0.05) is 18.2 Å². The number of aliphatic hydroxyl groups is 1. The molecule has 0 heterocycles. The zero-order valence-corrected chi connectivity index (χ0v) is 13.9. The summed E-state index contributed by atoms with van der Waals surface area (Å²) in [6.07, 6.45) is 6.70. The van der Waals surface area contributed by atoms with Gasteiger partial charge in [-0.15, -0.1) is 0 Å². The fraction of sp³-hybridized carbons (Fsp3) is 0.600. The van der Waals surface area contributed by atoms with Crippen molar-refractivity contribution >= 4 is 21.6 Å². The molecule has 0 aromatic rings. The van der Waals surface area contributed by atoms with Gasteiger partial charge in [0.25, 0.3) is 0 Å². The highest BCUT2D eigenvalue weighted by Crippen LogP contribution is 2.33. The van der Waals surface area contributed by atoms with Crippen LogP contribution in [-0.2, 0) is 24.2 Å². The molecule has 1 aliphatic carbocycles. The predicted octanol–water partition coefficient (Wildman–Crippen LogP) is 1.30. The van der Waals surface area contributed by atoms with E-state index in [4.69, 9.17) is 0 Å². The van der Waals surface area contributed by atoms with Crippen LogP contribution in [0.3, 0.4) is 0 Å². The van der Waals surface area contributed by atoms with Crippen LogP contribution >= 0.6 is 0 Å². The van der Waals surface area contributed by atoms with Crippen molar-refractivity contribution in [1.82, 2.24) is 0 Å². The molecule has 0 radical (unpaired) electrons. The number of hydrogen-bond acceptors (Lipinski definition) is 6. The molecule has 0 spiro atoms. The van der Waals surface area contributed by atoms with Gasteiger partial charge in [0.1, 0.15) is 10.5 Å². The van der Waals surface area contributed by atoms with E-state index >= 15 is 0 Å². The van der Waals surface area contributed by atoms with Gasteiger partial charge in [-0.3, -0.25) is 9.59 Å². The molecular formula is C15H22O6S. The average molecular weight is 330 g/mol. The summed E-state index contributed by atoms with van der Waals surface area (Å²) in [4.78, 5) is 22.7. The zero-order chi connectivity index (χ0) is 17.0. The number of unbranched alkanes of at least 4 members (excludes halogenated alkanes) is 3. The Morgan fingerprint density at radius 2 is 2.00 bits per heavy atom. The minimum absolute atomic E-state index is 0.0980. The van der Waals surface area contributed by atoms with Crippen molar-refractivity contribution in [3.63, 3.8) is 0 Å². The Hall–Kier alpha value is -1.47. The molecule has 1 rings (SSSR count). The van der Waals surface area contributed by atoms with Gasteiger partial charge in [-0.1, -0.05) is 12.5 Å². The number of ketones is 1. The van der Waals surface area contributed by atoms with Gasteiger partial charge in [-0.25, -0.2) is 8.42 Å². The van der Waals surface area contributed by atoms with Crippen LogP contribution in [0.15, 0.2) is 22.6 Å². The molecule has 1 unspecified atom stereocenters. The number of rotatable bonds is 7. The SMILES string of the molecule is COC(=O)CCCCCC=C1C(=O)C(S(C)(=O)=O)=CC1(C)O. The third kappa shape index (κ3) is 4.78. The lowest BCUT2D eigenvalue weighted by molar-refractivity contribution is -0.140. The minimum Gasteiger partial charge on any atom is -0.469 e. The third-order valence-corrected chi connectivity index (χ3v) is 4.59. The van der Waals surface area contributed by atoms with E-state index in [1.807, 2.05) is 0 Å². The number of carbonyl (C=O) groups excluding carboxylic acids is 2. The fourth-order valence-electron chi connectivity index (χ4n) is 2.27. The predicted molar refractivity (Wildman–Crippen MR) is 81.7 cm³/mol. The summed E-state index contributed by atoms with van der Waals surface area (Å²) in [6, 6.07) is 0. The molecular weight excluding hydrogens is 308 g/mol. The lowest BCUT2D eigenvalue weighted by atomic mass is 9.97. The molecule has 6 nitrogen and oxygen atoms in total. The van der Waals surface area contributed by atoms with Crippen LogP contribution in [0, 0.1) is 0 Å². The summed E-state index contributed by atoms with van der Waals surface area (Å²) in [6.45, 7) is 1.40. The van der Waals surface area contributed by atoms with Crippen LogP contribution in [0.2, 0.25) is 0 Å². The van der Waals surface area contributed by atoms with Crippen molar-refractivity contribution in [2.45, 2.75) is 44.6 Å². The highest BCUT2D eigenvalue weighted by atomic mass is 32.2. The van der Waals surface area contributed by atoms with E-state index in [2.05, 4.69) is 4.74 Å². The van der Waals surface area contributed by atoms with Crippen LogP contribution in [0.1, 0.15) is 39.0 Å². The molecule has 0 saturated heterocycles. The molecule has 0 saturated carbocycles. The van der Waals surface area contributed by atoms with Gasteiger partial charge in [-0.05, 0) is 32.3 Å². The standard InChI is InChI=1S/C15H22O6S/c1-15(18)10-12(22(3,19)20)14(17)11(15)8-6-4-5-7-9-13(16)21-2/h8,10,18H,4-7,9H2,1-3H3. The Balaban J connectivity index is 2.59. The first-order valence-electron chi connectivity index (χ1n) is 7.07. The first-order chi connectivity index (χ1) is 10.1. The quantitative estimate of drug-likeness (QED) is 0.429. The van der Waals surface area contributed by atoms with Crippen LogP contribution < -0.4 is 0 Å². The highest BCUT2D eigenvalue weighted by molar-refractivity contribution is 7.95. The first kappa shape index (κ1) is 18.6. The maximum atomic E-state index is 12.1. The number of methoxy groups -OCH3 is 1. The summed E-state index contributed by atoms with van der Waals surface area (Å²) in [5.41, 5.74) is -1.46. The van der Waals surface area contributed by atoms with E-state index in [1.54, 1.807) is 6.08 Å². The number of sulfone groups is 1. The van der Waals surface area contributed by atoms with Gasteiger partial charge in [-0.2, -0.15) is 0 Å². The van der Waals surface area contributed by atoms with Gasteiger partial charge in [0.2, 0.25) is 5.78 Å². The first-order valence-corrected chi connectivity index (χ1v) is 8.96. The summed E-state index contributed by atoms with van der Waals surface area (Å²) in [5, 5.41) is 10.2. The second kappa shape index (κ2) is 7.19. The van der Waals surface area contributed by atoms with E-state index in [1.165, 1.54) is 14.0 Å². The number of ether oxygens (including phenoxy) is 1. The Morgan fingerprint density at radius 1 is 1.36 bits per heavy atom. The molecule has 1 N–H and O–H groups in total. The molecule has 0 aromatic carbocycles. The van der Waals surface area contributed by atoms with Gasteiger partial charge in [0.05, 0.1) is 7.11 Å². The molecule has 22 heavy (non-hydrogen) atoms. The summed E-state index contributed by atoms with van der Waals surface area (Å²) >= 11 is 0. The van der Waals surface area contributed by atoms with Gasteiger partial charge >= 0.3 is 5.97 Å². The molecule has 7 heteroatoms. The lowest BCUT2D eigenvalue weighted by Crippen LogP contribution is -2.23. The number of carbonyl (C=O) groups is 2. The molecule has 1 atom stereocenters. The Morgan fingerprint density at radius 3 is 2.50 bits per heavy atom. The smallest absolute Gasteiger partial charge is 0.305 e. The summed E-state index contributed by atoms with van der Waals surface area (Å²) in [5.74, 6) is -0.892. The molecule has 0 bridgehead atoms.